The average molecular weight is 327 g/mol. The fourth-order valence-electron chi connectivity index (χ4n) is 2.20. The molecule has 0 radical (unpaired) electrons. The molecule has 1 amide bonds. The zero-order valence-corrected chi connectivity index (χ0v) is 13.6. The van der Waals surface area contributed by atoms with Crippen molar-refractivity contribution in [3.63, 3.8) is 0 Å². The lowest BCUT2D eigenvalue weighted by atomic mass is 10.1. The van der Waals surface area contributed by atoms with Crippen LogP contribution in [0.1, 0.15) is 18.9 Å². The van der Waals surface area contributed by atoms with E-state index in [9.17, 15) is 9.59 Å². The van der Waals surface area contributed by atoms with E-state index in [4.69, 9.17) is 9.84 Å². The maximum atomic E-state index is 12.2. The highest BCUT2D eigenvalue weighted by Gasteiger charge is 2.13. The Kier molecular flexibility index (Phi) is 6.37. The van der Waals surface area contributed by atoms with E-state index in [0.717, 1.165) is 5.75 Å². The molecule has 2 aromatic rings. The molecule has 5 nitrogen and oxygen atoms in total. The predicted octanol–water partition coefficient (Wildman–Crippen LogP) is 3.36. The molecule has 1 atom stereocenters. The largest absolute Gasteiger partial charge is 0.494 e. The molecule has 2 rings (SSSR count). The Morgan fingerprint density at radius 1 is 1.12 bits per heavy atom. The van der Waals surface area contributed by atoms with Crippen LogP contribution in [0.2, 0.25) is 0 Å². The van der Waals surface area contributed by atoms with E-state index in [2.05, 4.69) is 5.32 Å². The van der Waals surface area contributed by atoms with Crippen LogP contribution in [0.5, 0.6) is 5.75 Å². The lowest BCUT2D eigenvalue weighted by Gasteiger charge is -2.13. The molecule has 0 aliphatic carbocycles. The fraction of sp³-hybridized carbons (Fsp3) is 0.263. The molecule has 0 saturated carbocycles. The van der Waals surface area contributed by atoms with Crippen molar-refractivity contribution in [1.29, 1.82) is 0 Å². The van der Waals surface area contributed by atoms with Gasteiger partial charge in [0.15, 0.2) is 0 Å². The molecule has 5 heteroatoms. The molecule has 0 aliphatic rings. The third-order valence-electron chi connectivity index (χ3n) is 3.56. The van der Waals surface area contributed by atoms with Crippen LogP contribution < -0.4 is 10.1 Å². The molecule has 2 aromatic carbocycles. The number of hydrogen-bond donors (Lipinski definition) is 2. The van der Waals surface area contributed by atoms with Gasteiger partial charge in [-0.15, -0.1) is 0 Å². The summed E-state index contributed by atoms with van der Waals surface area (Å²) in [5, 5.41) is 11.6. The van der Waals surface area contributed by atoms with E-state index in [-0.39, 0.29) is 18.2 Å². The molecule has 0 aliphatic heterocycles. The van der Waals surface area contributed by atoms with Gasteiger partial charge < -0.3 is 15.2 Å². The number of amides is 1. The van der Waals surface area contributed by atoms with Gasteiger partial charge in [0.1, 0.15) is 5.75 Å². The summed E-state index contributed by atoms with van der Waals surface area (Å²) in [7, 11) is 0. The van der Waals surface area contributed by atoms with Gasteiger partial charge in [-0.05, 0) is 36.2 Å². The van der Waals surface area contributed by atoms with Crippen molar-refractivity contribution in [3.8, 4) is 5.75 Å². The second kappa shape index (κ2) is 8.72. The number of carboxylic acids is 1. The summed E-state index contributed by atoms with van der Waals surface area (Å²) in [5.41, 5.74) is 1.26. The van der Waals surface area contributed by atoms with Crippen molar-refractivity contribution in [2.45, 2.75) is 19.8 Å². The third-order valence-corrected chi connectivity index (χ3v) is 3.56. The zero-order chi connectivity index (χ0) is 17.4. The Hall–Kier alpha value is -2.82. The number of nitrogens with one attached hydrogen (secondary N) is 1. The second-order valence-corrected chi connectivity index (χ2v) is 5.61. The van der Waals surface area contributed by atoms with Gasteiger partial charge in [-0.25, -0.2) is 0 Å². The summed E-state index contributed by atoms with van der Waals surface area (Å²) in [6, 6.07) is 16.3. The summed E-state index contributed by atoms with van der Waals surface area (Å²) < 4.78 is 5.59. The number of carboxylic acid groups (broad SMARTS) is 1. The first-order chi connectivity index (χ1) is 11.5. The summed E-state index contributed by atoms with van der Waals surface area (Å²) in [4.78, 5) is 22.9. The first-order valence-corrected chi connectivity index (χ1v) is 7.84. The number of para-hydroxylation sites is 1. The zero-order valence-electron chi connectivity index (χ0n) is 13.6. The van der Waals surface area contributed by atoms with E-state index < -0.39 is 5.97 Å². The van der Waals surface area contributed by atoms with Crippen molar-refractivity contribution in [1.82, 2.24) is 0 Å². The van der Waals surface area contributed by atoms with Crippen molar-refractivity contribution >= 4 is 17.6 Å². The van der Waals surface area contributed by atoms with E-state index in [0.29, 0.717) is 24.3 Å². The quantitative estimate of drug-likeness (QED) is 0.779. The summed E-state index contributed by atoms with van der Waals surface area (Å²) >= 11 is 0. The van der Waals surface area contributed by atoms with Crippen LogP contribution in [0.4, 0.5) is 5.69 Å². The number of benzene rings is 2. The van der Waals surface area contributed by atoms with Crippen molar-refractivity contribution < 1.29 is 19.4 Å². The Morgan fingerprint density at radius 3 is 2.58 bits per heavy atom. The number of aliphatic carboxylic acids is 1. The molecule has 24 heavy (non-hydrogen) atoms. The molecule has 0 saturated heterocycles. The van der Waals surface area contributed by atoms with Crippen LogP contribution in [0.15, 0.2) is 54.6 Å². The molecule has 0 bridgehead atoms. The third kappa shape index (κ3) is 5.76. The van der Waals surface area contributed by atoms with Crippen LogP contribution in [-0.4, -0.2) is 23.6 Å². The van der Waals surface area contributed by atoms with Gasteiger partial charge in [0.25, 0.3) is 0 Å². The van der Waals surface area contributed by atoms with Crippen molar-refractivity contribution in [2.75, 3.05) is 11.9 Å². The smallest absolute Gasteiger partial charge is 0.307 e. The molecule has 126 valence electrons. The standard InChI is InChI=1S/C19H21NO4/c1-14(10-11-24-17-8-3-2-4-9-17)19(23)20-16-7-5-6-15(12-16)13-18(21)22/h2-9,12,14H,10-11,13H2,1H3,(H,20,23)(H,21,22). The Balaban J connectivity index is 1.81. The fourth-order valence-corrected chi connectivity index (χ4v) is 2.20. The minimum absolute atomic E-state index is 0.0653. The molecule has 0 spiro atoms. The highest BCUT2D eigenvalue weighted by atomic mass is 16.5. The number of ether oxygens (including phenoxy) is 1. The van der Waals surface area contributed by atoms with Crippen molar-refractivity contribution in [3.05, 3.63) is 60.2 Å². The molecule has 0 heterocycles. The Morgan fingerprint density at radius 2 is 1.88 bits per heavy atom. The normalized spacial score (nSPS) is 11.5. The van der Waals surface area contributed by atoms with Gasteiger partial charge in [-0.2, -0.15) is 0 Å². The maximum absolute atomic E-state index is 12.2. The van der Waals surface area contributed by atoms with Gasteiger partial charge in [-0.3, -0.25) is 9.59 Å². The number of carbonyl (C=O) groups excluding carboxylic acids is 1. The first-order valence-electron chi connectivity index (χ1n) is 7.84. The summed E-state index contributed by atoms with van der Waals surface area (Å²) in [6.07, 6.45) is 0.528. The van der Waals surface area contributed by atoms with Gasteiger partial charge >= 0.3 is 5.97 Å². The topological polar surface area (TPSA) is 75.6 Å². The van der Waals surface area contributed by atoms with Gasteiger partial charge in [0.05, 0.1) is 13.0 Å². The van der Waals surface area contributed by atoms with Crippen LogP contribution in [0, 0.1) is 5.92 Å². The monoisotopic (exact) mass is 327 g/mol. The minimum atomic E-state index is -0.898. The number of rotatable bonds is 8. The van der Waals surface area contributed by atoms with E-state index >= 15 is 0 Å². The molecular weight excluding hydrogens is 306 g/mol. The highest BCUT2D eigenvalue weighted by Crippen LogP contribution is 2.15. The SMILES string of the molecule is CC(CCOc1ccccc1)C(=O)Nc1cccc(CC(=O)O)c1. The average Bonchev–Trinajstić information content (AvgIpc) is 2.55. The lowest BCUT2D eigenvalue weighted by molar-refractivity contribution is -0.136. The van der Waals surface area contributed by atoms with Crippen LogP contribution in [-0.2, 0) is 16.0 Å². The van der Waals surface area contributed by atoms with E-state index in [1.807, 2.05) is 37.3 Å². The van der Waals surface area contributed by atoms with Gasteiger partial charge in [0.2, 0.25) is 5.91 Å². The van der Waals surface area contributed by atoms with Crippen LogP contribution >= 0.6 is 0 Å². The molecule has 0 aromatic heterocycles. The van der Waals surface area contributed by atoms with Crippen LogP contribution in [0.3, 0.4) is 0 Å². The Bertz CT molecular complexity index is 685. The summed E-state index contributed by atoms with van der Waals surface area (Å²) in [5.74, 6) is -0.438. The number of carbonyl (C=O) groups is 2. The Labute approximate surface area is 141 Å². The first kappa shape index (κ1) is 17.5. The van der Waals surface area contributed by atoms with Gasteiger partial charge in [-0.1, -0.05) is 37.3 Å². The number of hydrogen-bond acceptors (Lipinski definition) is 3. The van der Waals surface area contributed by atoms with E-state index in [1.54, 1.807) is 24.3 Å². The predicted molar refractivity (Wildman–Crippen MR) is 92.1 cm³/mol. The maximum Gasteiger partial charge on any atom is 0.307 e. The molecule has 2 N–H and O–H groups in total. The summed E-state index contributed by atoms with van der Waals surface area (Å²) in [6.45, 7) is 2.29. The van der Waals surface area contributed by atoms with Crippen LogP contribution in [0.25, 0.3) is 0 Å². The lowest BCUT2D eigenvalue weighted by Crippen LogP contribution is -2.22. The van der Waals surface area contributed by atoms with Crippen molar-refractivity contribution in [2.24, 2.45) is 5.92 Å². The van der Waals surface area contributed by atoms with E-state index in [1.165, 1.54) is 0 Å². The number of anilines is 1. The van der Waals surface area contributed by atoms with Gasteiger partial charge in [0, 0.05) is 11.6 Å². The molecule has 0 fully saturated rings. The molecular formula is C19H21NO4. The highest BCUT2D eigenvalue weighted by molar-refractivity contribution is 5.92. The second-order valence-electron chi connectivity index (χ2n) is 5.61. The molecule has 1 unspecified atom stereocenters. The minimum Gasteiger partial charge on any atom is -0.494 e.